The van der Waals surface area contributed by atoms with Crippen LogP contribution in [0.5, 0.6) is 0 Å². The largest absolute Gasteiger partial charge is 0.462 e. The van der Waals surface area contributed by atoms with E-state index in [0.29, 0.717) is 18.8 Å². The Morgan fingerprint density at radius 1 is 0.439 bits per heavy atom. The summed E-state index contributed by atoms with van der Waals surface area (Å²) in [4.78, 5) is 11.2. The molecule has 0 aromatic heterocycles. The van der Waals surface area contributed by atoms with Crippen LogP contribution in [0.2, 0.25) is 0 Å². The van der Waals surface area contributed by atoms with E-state index in [0.717, 1.165) is 163 Å². The molecule has 41 heavy (non-hydrogen) atoms. The first-order chi connectivity index (χ1) is 20.2. The normalized spacial score (nSPS) is 11.3. The minimum absolute atomic E-state index is 0.248. The van der Waals surface area contributed by atoms with E-state index in [4.69, 9.17) is 38.3 Å². The highest BCUT2D eigenvalue weighted by Crippen LogP contribution is 2.01. The van der Waals surface area contributed by atoms with Crippen molar-refractivity contribution in [1.82, 2.24) is 0 Å². The molecule has 0 unspecified atom stereocenters. The van der Waals surface area contributed by atoms with Gasteiger partial charge in [0, 0.05) is 91.5 Å². The molecule has 1 N–H and O–H groups in total. The third-order valence-electron chi connectivity index (χ3n) is 6.10. The molecule has 0 aliphatic heterocycles. The maximum absolute atomic E-state index is 11.2. The first-order valence-electron chi connectivity index (χ1n) is 16.1. The van der Waals surface area contributed by atoms with Gasteiger partial charge in [0.1, 0.15) is 0 Å². The third-order valence-corrected chi connectivity index (χ3v) is 6.10. The van der Waals surface area contributed by atoms with Crippen molar-refractivity contribution < 1.29 is 43.1 Å². The average Bonchev–Trinajstić information content (AvgIpc) is 2.97. The Morgan fingerprint density at radius 2 is 0.659 bits per heavy atom. The van der Waals surface area contributed by atoms with Crippen LogP contribution in [0.15, 0.2) is 12.2 Å². The van der Waals surface area contributed by atoms with E-state index in [1.54, 1.807) is 6.92 Å². The molecule has 0 aliphatic carbocycles. The summed E-state index contributed by atoms with van der Waals surface area (Å²) < 4.78 is 38.9. The first-order valence-corrected chi connectivity index (χ1v) is 16.1. The molecule has 0 atom stereocenters. The van der Waals surface area contributed by atoms with Gasteiger partial charge in [0.05, 0.1) is 6.61 Å². The molecule has 244 valence electrons. The number of esters is 1. The lowest BCUT2D eigenvalue weighted by Crippen LogP contribution is -2.07. The summed E-state index contributed by atoms with van der Waals surface area (Å²) in [5.41, 5.74) is 0.436. The van der Waals surface area contributed by atoms with E-state index < -0.39 is 0 Å². The molecule has 9 heteroatoms. The molecular formula is C32H62O9. The lowest BCUT2D eigenvalue weighted by Gasteiger charge is -2.07. The number of hydrogen-bond acceptors (Lipinski definition) is 9. The molecule has 0 bridgehead atoms. The van der Waals surface area contributed by atoms with Gasteiger partial charge in [-0.1, -0.05) is 6.58 Å². The van der Waals surface area contributed by atoms with Crippen LogP contribution in [0.3, 0.4) is 0 Å². The Morgan fingerprint density at radius 3 is 0.878 bits per heavy atom. The summed E-state index contributed by atoms with van der Waals surface area (Å²) in [5.74, 6) is -0.323. The molecule has 0 saturated carbocycles. The summed E-state index contributed by atoms with van der Waals surface area (Å²) >= 11 is 0. The van der Waals surface area contributed by atoms with Crippen LogP contribution in [-0.2, 0) is 38.0 Å². The summed E-state index contributed by atoms with van der Waals surface area (Å²) in [6.45, 7) is 15.2. The zero-order valence-electron chi connectivity index (χ0n) is 26.2. The van der Waals surface area contributed by atoms with Crippen molar-refractivity contribution in [3.63, 3.8) is 0 Å². The molecule has 0 spiro atoms. The molecule has 9 nitrogen and oxygen atoms in total. The van der Waals surface area contributed by atoms with Gasteiger partial charge in [0.25, 0.3) is 0 Å². The fourth-order valence-corrected chi connectivity index (χ4v) is 3.56. The van der Waals surface area contributed by atoms with Gasteiger partial charge >= 0.3 is 5.97 Å². The van der Waals surface area contributed by atoms with E-state index in [1.165, 1.54) is 0 Å². The monoisotopic (exact) mass is 590 g/mol. The quantitative estimate of drug-likeness (QED) is 0.0569. The number of carbonyl (C=O) groups is 1. The van der Waals surface area contributed by atoms with Gasteiger partial charge in [0.15, 0.2) is 0 Å². The SMILES string of the molecule is C=C(C)C(=O)OCCCCOCCCCOCCCCOCCCCOCCCCOCCCCOCCCCO. The molecule has 0 fully saturated rings. The third kappa shape index (κ3) is 35.0. The number of ether oxygens (including phenoxy) is 7. The maximum Gasteiger partial charge on any atom is 0.333 e. The smallest absolute Gasteiger partial charge is 0.333 e. The van der Waals surface area contributed by atoms with Crippen LogP contribution >= 0.6 is 0 Å². The second-order valence-corrected chi connectivity index (χ2v) is 10.3. The number of unbranched alkanes of at least 4 members (excludes halogenated alkanes) is 7. The molecule has 0 aromatic rings. The van der Waals surface area contributed by atoms with Crippen molar-refractivity contribution in [2.24, 2.45) is 0 Å². The molecule has 0 rings (SSSR count). The Bertz CT molecular complexity index is 545. The number of aliphatic hydroxyl groups is 1. The van der Waals surface area contributed by atoms with Gasteiger partial charge in [-0.05, 0) is 96.8 Å². The minimum Gasteiger partial charge on any atom is -0.462 e. The van der Waals surface area contributed by atoms with Gasteiger partial charge in [-0.15, -0.1) is 0 Å². The van der Waals surface area contributed by atoms with Crippen molar-refractivity contribution in [2.45, 2.75) is 96.8 Å². The topological polar surface area (TPSA) is 102 Å². The van der Waals surface area contributed by atoms with Gasteiger partial charge in [-0.2, -0.15) is 0 Å². The van der Waals surface area contributed by atoms with Crippen molar-refractivity contribution in [2.75, 3.05) is 92.5 Å². The molecule has 0 heterocycles. The number of hydrogen-bond donors (Lipinski definition) is 1. The molecule has 0 amide bonds. The summed E-state index contributed by atoms with van der Waals surface area (Å²) in [6, 6.07) is 0. The number of rotatable bonds is 35. The highest BCUT2D eigenvalue weighted by Gasteiger charge is 2.02. The molecule has 0 aromatic carbocycles. The zero-order valence-corrected chi connectivity index (χ0v) is 26.2. The summed E-state index contributed by atoms with van der Waals surface area (Å²) in [7, 11) is 0. The van der Waals surface area contributed by atoms with Crippen LogP contribution in [0.4, 0.5) is 0 Å². The van der Waals surface area contributed by atoms with Crippen molar-refractivity contribution in [3.8, 4) is 0 Å². The summed E-state index contributed by atoms with van der Waals surface area (Å²) in [5, 5.41) is 8.70. The molecule has 0 aliphatic rings. The van der Waals surface area contributed by atoms with Crippen LogP contribution in [0, 0.1) is 0 Å². The van der Waals surface area contributed by atoms with E-state index in [-0.39, 0.29) is 12.6 Å². The van der Waals surface area contributed by atoms with Crippen LogP contribution in [-0.4, -0.2) is 104 Å². The van der Waals surface area contributed by atoms with Crippen molar-refractivity contribution >= 4 is 5.97 Å². The Hall–Kier alpha value is -1.07. The lowest BCUT2D eigenvalue weighted by molar-refractivity contribution is -0.139. The minimum atomic E-state index is -0.323. The Labute approximate surface area is 250 Å². The van der Waals surface area contributed by atoms with Gasteiger partial charge in [0.2, 0.25) is 0 Å². The predicted octanol–water partition coefficient (Wildman–Crippen LogP) is 5.66. The standard InChI is InChI=1S/C32H62O9/c1-31(2)32(34)41-30-16-15-29-40-28-14-13-27-39-26-12-11-25-38-24-10-9-23-37-22-8-7-21-36-20-6-5-19-35-18-4-3-17-33/h33H,1,3-30H2,2H3. The Kier molecular flexibility index (Phi) is 34.2. The fourth-order valence-electron chi connectivity index (χ4n) is 3.56. The van der Waals surface area contributed by atoms with Crippen molar-refractivity contribution in [3.05, 3.63) is 12.2 Å². The number of aliphatic hydroxyl groups excluding tert-OH is 1. The first kappa shape index (κ1) is 39.9. The van der Waals surface area contributed by atoms with Gasteiger partial charge in [-0.3, -0.25) is 0 Å². The highest BCUT2D eigenvalue weighted by molar-refractivity contribution is 5.86. The number of carbonyl (C=O) groups excluding carboxylic acids is 1. The fraction of sp³-hybridized carbons (Fsp3) is 0.906. The summed E-state index contributed by atoms with van der Waals surface area (Å²) in [6.07, 6.45) is 13.7. The molecule has 0 radical (unpaired) electrons. The zero-order chi connectivity index (χ0) is 29.9. The Balaban J connectivity index is 3.06. The van der Waals surface area contributed by atoms with Crippen LogP contribution in [0.1, 0.15) is 96.8 Å². The molecular weight excluding hydrogens is 528 g/mol. The maximum atomic E-state index is 11.2. The van der Waals surface area contributed by atoms with E-state index in [9.17, 15) is 4.79 Å². The van der Waals surface area contributed by atoms with Crippen LogP contribution in [0.25, 0.3) is 0 Å². The van der Waals surface area contributed by atoms with Crippen molar-refractivity contribution in [1.29, 1.82) is 0 Å². The second kappa shape index (κ2) is 35.1. The highest BCUT2D eigenvalue weighted by atomic mass is 16.5. The second-order valence-electron chi connectivity index (χ2n) is 10.3. The van der Waals surface area contributed by atoms with E-state index >= 15 is 0 Å². The lowest BCUT2D eigenvalue weighted by atomic mass is 10.3. The van der Waals surface area contributed by atoms with Gasteiger partial charge in [-0.25, -0.2) is 4.79 Å². The van der Waals surface area contributed by atoms with Crippen LogP contribution < -0.4 is 0 Å². The van der Waals surface area contributed by atoms with E-state index in [1.807, 2.05) is 0 Å². The molecule has 0 saturated heterocycles. The van der Waals surface area contributed by atoms with E-state index in [2.05, 4.69) is 6.58 Å². The average molecular weight is 591 g/mol. The predicted molar refractivity (Wildman–Crippen MR) is 162 cm³/mol. The van der Waals surface area contributed by atoms with Gasteiger partial charge < -0.3 is 38.3 Å².